The van der Waals surface area contributed by atoms with E-state index in [9.17, 15) is 0 Å². The van der Waals surface area contributed by atoms with Crippen LogP contribution >= 0.6 is 0 Å². The van der Waals surface area contributed by atoms with E-state index >= 15 is 0 Å². The zero-order valence-corrected chi connectivity index (χ0v) is 35.9. The molecule has 3 aromatic heterocycles. The van der Waals surface area contributed by atoms with Crippen LogP contribution in [0.4, 0.5) is 0 Å². The molecule has 4 heteroatoms. The van der Waals surface area contributed by atoms with Crippen molar-refractivity contribution in [1.82, 2.24) is 19.1 Å². The molecule has 0 saturated heterocycles. The summed E-state index contributed by atoms with van der Waals surface area (Å²) in [5, 5.41) is 6.03. The highest BCUT2D eigenvalue weighted by atomic mass is 15.0. The van der Waals surface area contributed by atoms with Crippen LogP contribution in [0.1, 0.15) is 0 Å². The minimum absolute atomic E-state index is 0.703. The molecule has 3 heterocycles. The van der Waals surface area contributed by atoms with Gasteiger partial charge in [0.15, 0.2) is 5.82 Å². The van der Waals surface area contributed by atoms with Crippen molar-refractivity contribution < 1.29 is 0 Å². The highest BCUT2D eigenvalue weighted by Gasteiger charge is 2.17. The summed E-state index contributed by atoms with van der Waals surface area (Å²) in [6, 6.07) is 86.8. The molecule has 13 rings (SSSR count). The molecule has 0 saturated carbocycles. The van der Waals surface area contributed by atoms with E-state index in [4.69, 9.17) is 9.97 Å². The lowest BCUT2D eigenvalue weighted by Crippen LogP contribution is -1.97. The number of rotatable bonds is 7. The largest absolute Gasteiger partial charge is 0.309 e. The monoisotopic (exact) mass is 840 g/mol. The maximum atomic E-state index is 5.27. The van der Waals surface area contributed by atoms with Gasteiger partial charge in [0.05, 0.1) is 33.3 Å². The second-order valence-corrected chi connectivity index (χ2v) is 17.0. The summed E-state index contributed by atoms with van der Waals surface area (Å²) >= 11 is 0. The third kappa shape index (κ3) is 6.30. The predicted octanol–water partition coefficient (Wildman–Crippen LogP) is 16.2. The molecule has 0 aliphatic heterocycles. The van der Waals surface area contributed by atoms with E-state index < -0.39 is 0 Å². The first-order valence-corrected chi connectivity index (χ1v) is 22.5. The fourth-order valence-electron chi connectivity index (χ4n) is 9.93. The Balaban J connectivity index is 0.803. The van der Waals surface area contributed by atoms with Gasteiger partial charge in [-0.05, 0) is 112 Å². The van der Waals surface area contributed by atoms with Crippen LogP contribution < -0.4 is 0 Å². The van der Waals surface area contributed by atoms with Crippen molar-refractivity contribution in [2.75, 3.05) is 0 Å². The van der Waals surface area contributed by atoms with Crippen LogP contribution in [0.5, 0.6) is 0 Å². The van der Waals surface area contributed by atoms with Crippen LogP contribution in [0.3, 0.4) is 0 Å². The summed E-state index contributed by atoms with van der Waals surface area (Å²) in [5.74, 6) is 0.703. The fraction of sp³-hybridized carbons (Fsp3) is 0. The standard InChI is InChI=1S/C62H40N4/c1-3-13-45(14-4-1)61-55-40-47(33-37-56(55)63-62(64-61)46-31-35-50(36-32-46)66-57-20-10-7-17-51(57)52-18-8-11-21-58(52)66)43-27-23-41(24-28-43)42-25-29-44(30-26-42)48-34-38-60-54(39-48)53-19-9-12-22-59(53)65(60)49-15-5-2-6-16-49/h1-40H. The molecule has 10 aromatic carbocycles. The van der Waals surface area contributed by atoms with E-state index in [2.05, 4.69) is 246 Å². The first-order chi connectivity index (χ1) is 32.7. The number of fused-ring (bicyclic) bond motifs is 7. The molecule has 0 bridgehead atoms. The van der Waals surface area contributed by atoms with Crippen molar-refractivity contribution in [2.45, 2.75) is 0 Å². The normalized spacial score (nSPS) is 11.6. The van der Waals surface area contributed by atoms with Crippen molar-refractivity contribution in [3.05, 3.63) is 243 Å². The van der Waals surface area contributed by atoms with Crippen molar-refractivity contribution in [3.8, 4) is 67.4 Å². The second-order valence-electron chi connectivity index (χ2n) is 17.0. The summed E-state index contributed by atoms with van der Waals surface area (Å²) in [6.45, 7) is 0. The summed E-state index contributed by atoms with van der Waals surface area (Å²) in [5.41, 5.74) is 18.0. The van der Waals surface area contributed by atoms with Gasteiger partial charge in [-0.25, -0.2) is 9.97 Å². The number of para-hydroxylation sites is 4. The van der Waals surface area contributed by atoms with Gasteiger partial charge in [-0.15, -0.1) is 0 Å². The van der Waals surface area contributed by atoms with Gasteiger partial charge in [-0.1, -0.05) is 164 Å². The third-order valence-corrected chi connectivity index (χ3v) is 13.2. The lowest BCUT2D eigenvalue weighted by Gasteiger charge is -2.13. The maximum Gasteiger partial charge on any atom is 0.160 e. The Morgan fingerprint density at radius 1 is 0.242 bits per heavy atom. The molecular formula is C62H40N4. The molecule has 13 aromatic rings. The van der Waals surface area contributed by atoms with Crippen LogP contribution in [-0.2, 0) is 0 Å². The van der Waals surface area contributed by atoms with E-state index in [1.807, 2.05) is 6.07 Å². The summed E-state index contributed by atoms with van der Waals surface area (Å²) in [4.78, 5) is 10.4. The van der Waals surface area contributed by atoms with Gasteiger partial charge >= 0.3 is 0 Å². The minimum atomic E-state index is 0.703. The highest BCUT2D eigenvalue weighted by molar-refractivity contribution is 6.11. The van der Waals surface area contributed by atoms with Gasteiger partial charge in [0.2, 0.25) is 0 Å². The van der Waals surface area contributed by atoms with Crippen LogP contribution in [0, 0.1) is 0 Å². The summed E-state index contributed by atoms with van der Waals surface area (Å²) in [7, 11) is 0. The first-order valence-electron chi connectivity index (χ1n) is 22.5. The van der Waals surface area contributed by atoms with Crippen LogP contribution in [-0.4, -0.2) is 19.1 Å². The molecule has 0 N–H and O–H groups in total. The molecule has 0 aliphatic rings. The Morgan fingerprint density at radius 2 is 0.636 bits per heavy atom. The smallest absolute Gasteiger partial charge is 0.160 e. The summed E-state index contributed by atoms with van der Waals surface area (Å²) < 4.78 is 4.70. The van der Waals surface area contributed by atoms with Gasteiger partial charge in [-0.2, -0.15) is 0 Å². The van der Waals surface area contributed by atoms with Crippen LogP contribution in [0.2, 0.25) is 0 Å². The van der Waals surface area contributed by atoms with E-state index in [1.165, 1.54) is 71.6 Å². The fourth-order valence-corrected chi connectivity index (χ4v) is 9.93. The molecule has 66 heavy (non-hydrogen) atoms. The molecule has 0 radical (unpaired) electrons. The molecule has 308 valence electrons. The van der Waals surface area contributed by atoms with Gasteiger partial charge in [0.25, 0.3) is 0 Å². The van der Waals surface area contributed by atoms with E-state index in [-0.39, 0.29) is 0 Å². The van der Waals surface area contributed by atoms with Gasteiger partial charge < -0.3 is 9.13 Å². The number of nitrogens with zero attached hydrogens (tertiary/aromatic N) is 4. The zero-order valence-electron chi connectivity index (χ0n) is 35.9. The SMILES string of the molecule is c1ccc(-c2nc(-c3ccc(-n4c5ccccc5c5ccccc54)cc3)nc3ccc(-c4ccc(-c5ccc(-c6ccc7c(c6)c6ccccc6n7-c6ccccc6)cc5)cc4)cc23)cc1. The Bertz CT molecular complexity index is 3890. The molecule has 0 spiro atoms. The van der Waals surface area contributed by atoms with Crippen molar-refractivity contribution >= 4 is 54.5 Å². The van der Waals surface area contributed by atoms with Crippen molar-refractivity contribution in [3.63, 3.8) is 0 Å². The van der Waals surface area contributed by atoms with Crippen molar-refractivity contribution in [2.24, 2.45) is 0 Å². The highest BCUT2D eigenvalue weighted by Crippen LogP contribution is 2.38. The molecule has 0 unspecified atom stereocenters. The molecule has 4 nitrogen and oxygen atoms in total. The lowest BCUT2D eigenvalue weighted by atomic mass is 9.96. The minimum Gasteiger partial charge on any atom is -0.309 e. The molecule has 0 atom stereocenters. The quantitative estimate of drug-likeness (QED) is 0.160. The molecule has 0 fully saturated rings. The maximum absolute atomic E-state index is 5.27. The Labute approximate surface area is 382 Å². The van der Waals surface area contributed by atoms with Crippen LogP contribution in [0.25, 0.3) is 122 Å². The van der Waals surface area contributed by atoms with E-state index in [0.717, 1.165) is 44.5 Å². The molecular weight excluding hydrogens is 801 g/mol. The molecule has 0 amide bonds. The number of benzene rings is 10. The van der Waals surface area contributed by atoms with Crippen molar-refractivity contribution in [1.29, 1.82) is 0 Å². The Morgan fingerprint density at radius 3 is 1.20 bits per heavy atom. The average Bonchev–Trinajstić information content (AvgIpc) is 3.91. The van der Waals surface area contributed by atoms with Crippen LogP contribution in [0.15, 0.2) is 243 Å². The molecule has 0 aliphatic carbocycles. The number of aromatic nitrogens is 4. The number of hydrogen-bond donors (Lipinski definition) is 0. The second kappa shape index (κ2) is 15.4. The third-order valence-electron chi connectivity index (χ3n) is 13.2. The lowest BCUT2D eigenvalue weighted by molar-refractivity contribution is 1.17. The van der Waals surface area contributed by atoms with E-state index in [0.29, 0.717) is 5.82 Å². The first kappa shape index (κ1) is 37.7. The zero-order chi connectivity index (χ0) is 43.6. The van der Waals surface area contributed by atoms with Gasteiger partial charge in [0, 0.05) is 49.4 Å². The van der Waals surface area contributed by atoms with E-state index in [1.54, 1.807) is 0 Å². The average molecular weight is 841 g/mol. The number of hydrogen-bond acceptors (Lipinski definition) is 2. The summed E-state index contributed by atoms with van der Waals surface area (Å²) in [6.07, 6.45) is 0. The Hall–Kier alpha value is -8.86. The van der Waals surface area contributed by atoms with Gasteiger partial charge in [-0.3, -0.25) is 0 Å². The Kier molecular flexibility index (Phi) is 8.81. The predicted molar refractivity (Wildman–Crippen MR) is 275 cm³/mol. The van der Waals surface area contributed by atoms with Gasteiger partial charge in [0.1, 0.15) is 0 Å². The topological polar surface area (TPSA) is 35.6 Å².